The van der Waals surface area contributed by atoms with Crippen molar-refractivity contribution in [3.05, 3.63) is 64.7 Å². The monoisotopic (exact) mass is 329 g/mol. The molecule has 0 aliphatic carbocycles. The van der Waals surface area contributed by atoms with Crippen molar-refractivity contribution in [3.63, 3.8) is 0 Å². The van der Waals surface area contributed by atoms with Crippen LogP contribution < -0.4 is 15.8 Å². The second kappa shape index (κ2) is 7.38. The molecule has 0 radical (unpaired) electrons. The maximum absolute atomic E-state index is 6.03. The lowest BCUT2D eigenvalue weighted by Crippen LogP contribution is -2.37. The number of hydrogen-bond acceptors (Lipinski definition) is 2. The SMILES string of the molecule is NC(=NCCc1cccc(Cl)c1)NC1CCOc2ccccc21. The number of para-hydroxylation sites is 1. The molecular formula is C18H20ClN3O. The van der Waals surface area contributed by atoms with Gasteiger partial charge in [-0.25, -0.2) is 0 Å². The molecule has 2 aromatic carbocycles. The fourth-order valence-corrected chi connectivity index (χ4v) is 2.93. The number of rotatable bonds is 4. The van der Waals surface area contributed by atoms with Crippen molar-refractivity contribution in [2.75, 3.05) is 13.2 Å². The summed E-state index contributed by atoms with van der Waals surface area (Å²) in [6.45, 7) is 1.31. The zero-order valence-corrected chi connectivity index (χ0v) is 13.6. The van der Waals surface area contributed by atoms with Gasteiger partial charge in [0.25, 0.3) is 0 Å². The molecule has 3 rings (SSSR count). The third-order valence-electron chi connectivity index (χ3n) is 3.85. The fraction of sp³-hybridized carbons (Fsp3) is 0.278. The molecule has 4 nitrogen and oxygen atoms in total. The highest BCUT2D eigenvalue weighted by atomic mass is 35.5. The quantitative estimate of drug-likeness (QED) is 0.668. The first-order chi connectivity index (χ1) is 11.2. The highest BCUT2D eigenvalue weighted by Gasteiger charge is 2.21. The third kappa shape index (κ3) is 4.17. The molecule has 23 heavy (non-hydrogen) atoms. The van der Waals surface area contributed by atoms with Crippen molar-refractivity contribution >= 4 is 17.6 Å². The van der Waals surface area contributed by atoms with E-state index in [1.54, 1.807) is 0 Å². The van der Waals surface area contributed by atoms with Crippen molar-refractivity contribution in [1.29, 1.82) is 0 Å². The number of benzene rings is 2. The van der Waals surface area contributed by atoms with Crippen LogP contribution in [0.15, 0.2) is 53.5 Å². The van der Waals surface area contributed by atoms with Crippen LogP contribution in [0.3, 0.4) is 0 Å². The number of ether oxygens (including phenoxy) is 1. The Balaban J connectivity index is 1.58. The molecule has 0 bridgehead atoms. The van der Waals surface area contributed by atoms with Gasteiger partial charge in [0.2, 0.25) is 0 Å². The molecular weight excluding hydrogens is 310 g/mol. The standard InChI is InChI=1S/C18H20ClN3O/c19-14-5-3-4-13(12-14)8-10-21-18(20)22-16-9-11-23-17-7-2-1-6-15(16)17/h1-7,12,16H,8-11H2,(H3,20,21,22). The van der Waals surface area contributed by atoms with E-state index in [0.29, 0.717) is 19.1 Å². The van der Waals surface area contributed by atoms with Crippen LogP contribution in [0.2, 0.25) is 5.02 Å². The molecule has 0 spiro atoms. The fourth-order valence-electron chi connectivity index (χ4n) is 2.71. The summed E-state index contributed by atoms with van der Waals surface area (Å²) in [6, 6.07) is 16.0. The van der Waals surface area contributed by atoms with E-state index in [9.17, 15) is 0 Å². The van der Waals surface area contributed by atoms with Crippen LogP contribution in [-0.2, 0) is 6.42 Å². The van der Waals surface area contributed by atoms with Gasteiger partial charge in [-0.15, -0.1) is 0 Å². The van der Waals surface area contributed by atoms with Gasteiger partial charge < -0.3 is 15.8 Å². The Morgan fingerprint density at radius 1 is 1.26 bits per heavy atom. The van der Waals surface area contributed by atoms with Crippen LogP contribution in [0.4, 0.5) is 0 Å². The molecule has 1 aliphatic heterocycles. The first-order valence-electron chi connectivity index (χ1n) is 7.75. The molecule has 0 saturated carbocycles. The minimum Gasteiger partial charge on any atom is -0.493 e. The Kier molecular flexibility index (Phi) is 5.03. The minimum absolute atomic E-state index is 0.148. The van der Waals surface area contributed by atoms with E-state index >= 15 is 0 Å². The lowest BCUT2D eigenvalue weighted by Gasteiger charge is -2.26. The van der Waals surface area contributed by atoms with Crippen LogP contribution in [0.5, 0.6) is 5.75 Å². The number of hydrogen-bond donors (Lipinski definition) is 2. The number of aliphatic imine (C=N–C) groups is 1. The van der Waals surface area contributed by atoms with Gasteiger partial charge in [0.1, 0.15) is 5.75 Å². The van der Waals surface area contributed by atoms with E-state index in [-0.39, 0.29) is 6.04 Å². The smallest absolute Gasteiger partial charge is 0.189 e. The molecule has 1 unspecified atom stereocenters. The topological polar surface area (TPSA) is 59.6 Å². The second-order valence-corrected chi connectivity index (χ2v) is 5.96. The molecule has 0 amide bonds. The van der Waals surface area contributed by atoms with Crippen LogP contribution in [0.25, 0.3) is 0 Å². The first-order valence-corrected chi connectivity index (χ1v) is 8.13. The molecule has 2 aromatic rings. The molecule has 5 heteroatoms. The highest BCUT2D eigenvalue weighted by molar-refractivity contribution is 6.30. The molecule has 0 saturated heterocycles. The maximum Gasteiger partial charge on any atom is 0.189 e. The summed E-state index contributed by atoms with van der Waals surface area (Å²) in [5, 5.41) is 4.04. The van der Waals surface area contributed by atoms with Gasteiger partial charge in [-0.1, -0.05) is 41.9 Å². The number of nitrogens with zero attached hydrogens (tertiary/aromatic N) is 1. The number of fused-ring (bicyclic) bond motifs is 1. The Morgan fingerprint density at radius 2 is 2.13 bits per heavy atom. The highest BCUT2D eigenvalue weighted by Crippen LogP contribution is 2.31. The van der Waals surface area contributed by atoms with Gasteiger partial charge >= 0.3 is 0 Å². The average Bonchev–Trinajstić information content (AvgIpc) is 2.55. The first kappa shape index (κ1) is 15.7. The predicted octanol–water partition coefficient (Wildman–Crippen LogP) is 3.31. The average molecular weight is 330 g/mol. The lowest BCUT2D eigenvalue weighted by atomic mass is 10.0. The van der Waals surface area contributed by atoms with Crippen molar-refractivity contribution < 1.29 is 4.74 Å². The Bertz CT molecular complexity index is 702. The Labute approximate surface area is 141 Å². The normalized spacial score (nSPS) is 17.3. The van der Waals surface area contributed by atoms with Crippen LogP contribution in [-0.4, -0.2) is 19.1 Å². The molecule has 1 aliphatic rings. The molecule has 1 heterocycles. The zero-order valence-electron chi connectivity index (χ0n) is 12.8. The van der Waals surface area contributed by atoms with Crippen molar-refractivity contribution in [2.45, 2.75) is 18.9 Å². The summed E-state index contributed by atoms with van der Waals surface area (Å²) in [5.74, 6) is 1.39. The van der Waals surface area contributed by atoms with Gasteiger partial charge in [-0.2, -0.15) is 0 Å². The maximum atomic E-state index is 6.03. The molecule has 0 aromatic heterocycles. The van der Waals surface area contributed by atoms with Crippen molar-refractivity contribution in [3.8, 4) is 5.75 Å². The van der Waals surface area contributed by atoms with Crippen molar-refractivity contribution in [1.82, 2.24) is 5.32 Å². The molecule has 3 N–H and O–H groups in total. The van der Waals surface area contributed by atoms with Gasteiger partial charge in [0, 0.05) is 23.6 Å². The molecule has 120 valence electrons. The third-order valence-corrected chi connectivity index (χ3v) is 4.09. The second-order valence-electron chi connectivity index (χ2n) is 5.52. The summed E-state index contributed by atoms with van der Waals surface area (Å²) in [6.07, 6.45) is 1.69. The lowest BCUT2D eigenvalue weighted by molar-refractivity contribution is 0.262. The van der Waals surface area contributed by atoms with Crippen LogP contribution >= 0.6 is 11.6 Å². The van der Waals surface area contributed by atoms with E-state index in [0.717, 1.165) is 34.7 Å². The van der Waals surface area contributed by atoms with E-state index in [4.69, 9.17) is 22.1 Å². The molecule has 1 atom stereocenters. The van der Waals surface area contributed by atoms with Crippen molar-refractivity contribution in [2.24, 2.45) is 10.7 Å². The summed E-state index contributed by atoms with van der Waals surface area (Å²) >= 11 is 5.98. The minimum atomic E-state index is 0.148. The van der Waals surface area contributed by atoms with Crippen LogP contribution in [0, 0.1) is 0 Å². The van der Waals surface area contributed by atoms with Gasteiger partial charge in [-0.05, 0) is 30.2 Å². The summed E-state index contributed by atoms with van der Waals surface area (Å²) in [4.78, 5) is 4.42. The Morgan fingerprint density at radius 3 is 3.00 bits per heavy atom. The van der Waals surface area contributed by atoms with Gasteiger partial charge in [-0.3, -0.25) is 4.99 Å². The molecule has 0 fully saturated rings. The van der Waals surface area contributed by atoms with Crippen LogP contribution in [0.1, 0.15) is 23.6 Å². The van der Waals surface area contributed by atoms with E-state index < -0.39 is 0 Å². The Hall–Kier alpha value is -2.20. The number of halogens is 1. The number of nitrogens with one attached hydrogen (secondary N) is 1. The number of nitrogens with two attached hydrogens (primary N) is 1. The number of guanidine groups is 1. The largest absolute Gasteiger partial charge is 0.493 e. The summed E-state index contributed by atoms with van der Waals surface area (Å²) < 4.78 is 5.65. The van der Waals surface area contributed by atoms with E-state index in [1.165, 1.54) is 0 Å². The van der Waals surface area contributed by atoms with E-state index in [2.05, 4.69) is 16.4 Å². The van der Waals surface area contributed by atoms with Gasteiger partial charge in [0.05, 0.1) is 12.6 Å². The zero-order chi connectivity index (χ0) is 16.1. The summed E-state index contributed by atoms with van der Waals surface area (Å²) in [7, 11) is 0. The predicted molar refractivity (Wildman–Crippen MR) is 94.1 cm³/mol. The van der Waals surface area contributed by atoms with E-state index in [1.807, 2.05) is 42.5 Å². The van der Waals surface area contributed by atoms with Gasteiger partial charge in [0.15, 0.2) is 5.96 Å². The summed E-state index contributed by atoms with van der Waals surface area (Å²) in [5.41, 5.74) is 8.32.